The third-order valence-electron chi connectivity index (χ3n) is 10.6. The molecule has 0 N–H and O–H groups in total. The van der Waals surface area contributed by atoms with E-state index < -0.39 is 57.6 Å². The second kappa shape index (κ2) is 11.1. The van der Waals surface area contributed by atoms with Gasteiger partial charge in [0, 0.05) is 29.7 Å². The highest BCUT2D eigenvalue weighted by Gasteiger charge is 2.81. The van der Waals surface area contributed by atoms with E-state index in [1.165, 1.54) is 23.8 Å². The fraction of sp³-hybridized carbons (Fsp3) is 0.324. The number of methoxy groups -OCH3 is 2. The van der Waals surface area contributed by atoms with Gasteiger partial charge in [0.1, 0.15) is 22.0 Å². The number of fused-ring (bicyclic) bond motifs is 10. The molecule has 8 rings (SSSR count). The zero-order valence-electron chi connectivity index (χ0n) is 27.0. The smallest absolute Gasteiger partial charge is 0.379 e. The number of carbonyl (C=O) groups excluding carboxylic acids is 5. The lowest BCUT2D eigenvalue weighted by Gasteiger charge is -2.42. The number of anilines is 1. The number of ether oxygens (including phenoxy) is 2. The second-order valence-corrected chi connectivity index (χ2v) is 14.1. The predicted molar refractivity (Wildman–Crippen MR) is 178 cm³/mol. The lowest BCUT2D eigenvalue weighted by Crippen LogP contribution is -2.57. The molecule has 2 spiro atoms. The molecule has 4 aliphatic heterocycles. The van der Waals surface area contributed by atoms with Gasteiger partial charge in [0.25, 0.3) is 17.6 Å². The number of rotatable bonds is 6. The highest BCUT2D eigenvalue weighted by atomic mass is 32.2. The van der Waals surface area contributed by atoms with Crippen LogP contribution in [0.3, 0.4) is 0 Å². The van der Waals surface area contributed by atoms with Gasteiger partial charge in [0.05, 0.1) is 36.4 Å². The average Bonchev–Trinajstić information content (AvgIpc) is 3.77. The number of para-hydroxylation sites is 1. The Hall–Kier alpha value is -4.81. The number of Topliss-reactive ketones (excluding diaryl/α,β-unsaturated/α-hetero) is 1. The van der Waals surface area contributed by atoms with Gasteiger partial charge in [0.2, 0.25) is 0 Å². The molecule has 250 valence electrons. The monoisotopic (exact) mass is 681 g/mol. The SMILES string of the molecule is CCCCN1C(=O)[C@@]2(c3cc(F)ccc31)[C@H](C(=O)OC)[C@]1(Sc3c(C(=O)C(=O)OC)c4ccccc4n3C1=O)C1c3ccccc3CCN12. The lowest BCUT2D eigenvalue weighted by atomic mass is 9.73. The Morgan fingerprint density at radius 1 is 0.980 bits per heavy atom. The molecule has 12 heteroatoms. The van der Waals surface area contributed by atoms with Crippen LogP contribution < -0.4 is 4.90 Å². The van der Waals surface area contributed by atoms with Crippen LogP contribution in [0.15, 0.2) is 71.8 Å². The van der Waals surface area contributed by atoms with Crippen LogP contribution in [-0.4, -0.2) is 71.1 Å². The number of halogens is 1. The van der Waals surface area contributed by atoms with Crippen molar-refractivity contribution < 1.29 is 37.8 Å². The molecular formula is C37H32FN3O7S. The first kappa shape index (κ1) is 31.5. The molecule has 1 amide bonds. The maximum absolute atomic E-state index is 15.6. The highest BCUT2D eigenvalue weighted by Crippen LogP contribution is 2.71. The number of hydrogen-bond acceptors (Lipinski definition) is 9. The van der Waals surface area contributed by atoms with E-state index >= 15 is 14.0 Å². The van der Waals surface area contributed by atoms with E-state index in [2.05, 4.69) is 0 Å². The van der Waals surface area contributed by atoms with Crippen LogP contribution in [0.1, 0.15) is 57.7 Å². The zero-order valence-corrected chi connectivity index (χ0v) is 27.8. The Bertz CT molecular complexity index is 2150. The molecule has 3 aromatic carbocycles. The fourth-order valence-electron chi connectivity index (χ4n) is 8.74. The van der Waals surface area contributed by atoms with Crippen molar-refractivity contribution in [2.75, 3.05) is 32.2 Å². The van der Waals surface area contributed by atoms with Gasteiger partial charge in [-0.15, -0.1) is 0 Å². The largest absolute Gasteiger partial charge is 0.469 e. The molecule has 5 heterocycles. The molecule has 10 nitrogen and oxygen atoms in total. The summed E-state index contributed by atoms with van der Waals surface area (Å²) in [6.07, 6.45) is 1.94. The molecule has 1 aromatic heterocycles. The number of hydrogen-bond donors (Lipinski definition) is 0. The minimum Gasteiger partial charge on any atom is -0.469 e. The Balaban J connectivity index is 1.47. The van der Waals surface area contributed by atoms with Crippen molar-refractivity contribution in [2.24, 2.45) is 5.92 Å². The Kier molecular flexibility index (Phi) is 7.13. The predicted octanol–water partition coefficient (Wildman–Crippen LogP) is 5.07. The summed E-state index contributed by atoms with van der Waals surface area (Å²) in [5.41, 5.74) is 0.980. The van der Waals surface area contributed by atoms with Crippen LogP contribution >= 0.6 is 11.8 Å². The summed E-state index contributed by atoms with van der Waals surface area (Å²) in [6.45, 7) is 2.61. The minimum absolute atomic E-state index is 0.0216. The van der Waals surface area contributed by atoms with Crippen LogP contribution in [0.2, 0.25) is 0 Å². The summed E-state index contributed by atoms with van der Waals surface area (Å²) in [4.78, 5) is 75.4. The van der Waals surface area contributed by atoms with Crippen LogP contribution in [0.4, 0.5) is 10.1 Å². The third kappa shape index (κ3) is 3.84. The molecule has 1 saturated heterocycles. The minimum atomic E-state index is -1.83. The number of aromatic nitrogens is 1. The van der Waals surface area contributed by atoms with E-state index in [-0.39, 0.29) is 17.1 Å². The lowest BCUT2D eigenvalue weighted by molar-refractivity contribution is -0.153. The van der Waals surface area contributed by atoms with Gasteiger partial charge < -0.3 is 14.4 Å². The van der Waals surface area contributed by atoms with Gasteiger partial charge in [0.15, 0.2) is 0 Å². The highest BCUT2D eigenvalue weighted by molar-refractivity contribution is 8.02. The van der Waals surface area contributed by atoms with E-state index in [9.17, 15) is 14.4 Å². The van der Waals surface area contributed by atoms with Crippen molar-refractivity contribution in [3.8, 4) is 0 Å². The number of thioether (sulfide) groups is 1. The first-order valence-electron chi connectivity index (χ1n) is 16.2. The molecular weight excluding hydrogens is 649 g/mol. The first-order chi connectivity index (χ1) is 23.7. The van der Waals surface area contributed by atoms with Gasteiger partial charge >= 0.3 is 11.9 Å². The summed E-state index contributed by atoms with van der Waals surface area (Å²) in [7, 11) is 2.32. The van der Waals surface area contributed by atoms with Gasteiger partial charge in [-0.05, 0) is 48.2 Å². The van der Waals surface area contributed by atoms with Gasteiger partial charge in [-0.3, -0.25) is 28.6 Å². The van der Waals surface area contributed by atoms with Crippen molar-refractivity contribution in [3.05, 3.63) is 94.8 Å². The van der Waals surface area contributed by atoms with E-state index in [1.54, 1.807) is 35.2 Å². The van der Waals surface area contributed by atoms with Crippen LogP contribution in [0.5, 0.6) is 0 Å². The molecule has 0 radical (unpaired) electrons. The number of carbonyl (C=O) groups is 5. The summed E-state index contributed by atoms with van der Waals surface area (Å²) in [6, 6.07) is 17.6. The maximum atomic E-state index is 15.6. The summed E-state index contributed by atoms with van der Waals surface area (Å²) in [5.74, 6) is -5.91. The standard InChI is InChI=1S/C37H32FN3O7S/c1-4-5-17-39-26-15-14-21(38)19-24(26)36(34(39)45)29(33(44)48-3)37(30-22-11-7-6-10-20(22)16-18-40(30)36)35(46)41-25-13-9-8-12-23(25)27(31(41)49-37)28(42)32(43)47-2/h6-15,19,29-30H,4-5,16-18H2,1-3H3/t29-,30?,36+,37-/m0/s1. The van der Waals surface area contributed by atoms with Crippen LogP contribution in [0, 0.1) is 11.7 Å². The number of benzene rings is 3. The normalized spacial score (nSPS) is 25.1. The fourth-order valence-corrected chi connectivity index (χ4v) is 10.6. The number of esters is 2. The molecule has 0 bridgehead atoms. The van der Waals surface area contributed by atoms with Gasteiger partial charge in [-0.1, -0.05) is 67.6 Å². The van der Waals surface area contributed by atoms with Crippen molar-refractivity contribution in [1.29, 1.82) is 0 Å². The van der Waals surface area contributed by atoms with Crippen LogP contribution in [0.25, 0.3) is 10.9 Å². The molecule has 4 atom stereocenters. The Morgan fingerprint density at radius 2 is 1.73 bits per heavy atom. The number of unbranched alkanes of at least 4 members (excludes halogenated alkanes) is 1. The van der Waals surface area contributed by atoms with Crippen molar-refractivity contribution in [2.45, 2.75) is 47.5 Å². The van der Waals surface area contributed by atoms with Gasteiger partial charge in [-0.2, -0.15) is 0 Å². The average molecular weight is 682 g/mol. The molecule has 1 fully saturated rings. The summed E-state index contributed by atoms with van der Waals surface area (Å²) < 4.78 is 25.3. The molecule has 49 heavy (non-hydrogen) atoms. The third-order valence-corrected chi connectivity index (χ3v) is 12.2. The number of nitrogens with zero attached hydrogens (tertiary/aromatic N) is 3. The number of amides is 1. The zero-order chi connectivity index (χ0) is 34.4. The molecule has 1 unspecified atom stereocenters. The van der Waals surface area contributed by atoms with E-state index in [0.29, 0.717) is 41.5 Å². The van der Waals surface area contributed by atoms with Crippen molar-refractivity contribution in [1.82, 2.24) is 9.47 Å². The Morgan fingerprint density at radius 3 is 2.49 bits per heavy atom. The maximum Gasteiger partial charge on any atom is 0.379 e. The molecule has 0 aliphatic carbocycles. The molecule has 4 aromatic rings. The van der Waals surface area contributed by atoms with E-state index in [0.717, 1.165) is 36.4 Å². The Labute approximate surface area is 285 Å². The topological polar surface area (TPSA) is 115 Å². The van der Waals surface area contributed by atoms with Crippen LogP contribution in [-0.2, 0) is 35.8 Å². The van der Waals surface area contributed by atoms with Gasteiger partial charge in [-0.25, -0.2) is 9.18 Å². The quantitative estimate of drug-likeness (QED) is 0.156. The van der Waals surface area contributed by atoms with Crippen molar-refractivity contribution >= 4 is 57.9 Å². The first-order valence-corrected chi connectivity index (χ1v) is 17.0. The van der Waals surface area contributed by atoms with E-state index in [4.69, 9.17) is 9.47 Å². The summed E-state index contributed by atoms with van der Waals surface area (Å²) in [5, 5.41) is 0.547. The number of ketones is 1. The van der Waals surface area contributed by atoms with Crippen molar-refractivity contribution in [3.63, 3.8) is 0 Å². The molecule has 4 aliphatic rings. The molecule has 0 saturated carbocycles. The second-order valence-electron chi connectivity index (χ2n) is 12.8. The summed E-state index contributed by atoms with van der Waals surface area (Å²) >= 11 is 1.00. The van der Waals surface area contributed by atoms with E-state index in [1.807, 2.05) is 36.1 Å².